The number of amides is 1. The number of ketones is 1. The van der Waals surface area contributed by atoms with Gasteiger partial charge in [-0.05, 0) is 18.9 Å². The van der Waals surface area contributed by atoms with E-state index in [1.54, 1.807) is 37.3 Å². The van der Waals surface area contributed by atoms with E-state index in [9.17, 15) is 19.5 Å². The van der Waals surface area contributed by atoms with Gasteiger partial charge in [-0.25, -0.2) is 4.79 Å². The van der Waals surface area contributed by atoms with Crippen LogP contribution in [0.4, 0.5) is 0 Å². The molecular formula is C18H17NO5. The summed E-state index contributed by atoms with van der Waals surface area (Å²) in [6.07, 6.45) is 1.74. The molecule has 1 heterocycles. The van der Waals surface area contributed by atoms with E-state index in [1.807, 2.05) is 0 Å². The highest BCUT2D eigenvalue weighted by molar-refractivity contribution is 6.04. The van der Waals surface area contributed by atoms with Crippen LogP contribution in [0.3, 0.4) is 0 Å². The highest BCUT2D eigenvalue weighted by Gasteiger charge is 2.31. The molecule has 1 unspecified atom stereocenters. The Labute approximate surface area is 138 Å². The minimum atomic E-state index is -1.18. The number of aryl methyl sites for hydroxylation is 1. The van der Waals surface area contributed by atoms with Gasteiger partial charge in [0.1, 0.15) is 5.76 Å². The molecule has 1 aliphatic rings. The smallest absolute Gasteiger partial charge is 0.330 e. The van der Waals surface area contributed by atoms with Crippen LogP contribution in [-0.4, -0.2) is 22.8 Å². The number of fused-ring (bicyclic) bond motifs is 1. The number of Topliss-reactive ketones (excluding diaryl/α,β-unsaturated/α-hetero) is 1. The number of carbonyl (C=O) groups is 3. The molecule has 3 rings (SSSR count). The van der Waals surface area contributed by atoms with Crippen molar-refractivity contribution in [3.8, 4) is 0 Å². The van der Waals surface area contributed by atoms with Gasteiger partial charge < -0.3 is 14.8 Å². The Morgan fingerprint density at radius 3 is 2.54 bits per heavy atom. The first-order chi connectivity index (χ1) is 11.5. The molecule has 0 saturated heterocycles. The van der Waals surface area contributed by atoms with Crippen LogP contribution in [0.25, 0.3) is 0 Å². The van der Waals surface area contributed by atoms with Crippen LogP contribution < -0.4 is 5.32 Å². The second kappa shape index (κ2) is 6.31. The summed E-state index contributed by atoms with van der Waals surface area (Å²) in [6.45, 7) is 1.65. The number of carbonyl (C=O) groups excluding carboxylic acids is 2. The number of benzene rings is 1. The first-order valence-electron chi connectivity index (χ1n) is 7.73. The first kappa shape index (κ1) is 16.0. The number of furan rings is 1. The third-order valence-corrected chi connectivity index (χ3v) is 4.17. The summed E-state index contributed by atoms with van der Waals surface area (Å²) in [6, 6.07) is 7.24. The SMILES string of the molecule is Cc1c(C(=O)NC(C(=O)O)c2ccccc2)oc2c1C(=O)CCC2. The zero-order chi connectivity index (χ0) is 17.3. The van der Waals surface area contributed by atoms with E-state index in [1.165, 1.54) is 0 Å². The average Bonchev–Trinajstić information content (AvgIpc) is 2.91. The van der Waals surface area contributed by atoms with Crippen molar-refractivity contribution < 1.29 is 23.9 Å². The lowest BCUT2D eigenvalue weighted by Crippen LogP contribution is -2.33. The van der Waals surface area contributed by atoms with Crippen molar-refractivity contribution >= 4 is 17.7 Å². The zero-order valence-corrected chi connectivity index (χ0v) is 13.2. The standard InChI is InChI=1S/C18H17NO5/c1-10-14-12(20)8-5-9-13(14)24-16(10)17(21)19-15(18(22)23)11-6-3-2-4-7-11/h2-4,6-7,15H,5,8-9H2,1H3,(H,19,21)(H,22,23). The minimum Gasteiger partial charge on any atom is -0.479 e. The zero-order valence-electron chi connectivity index (χ0n) is 13.2. The quantitative estimate of drug-likeness (QED) is 0.900. The fourth-order valence-corrected chi connectivity index (χ4v) is 3.00. The molecule has 0 saturated carbocycles. The molecule has 0 bridgehead atoms. The van der Waals surface area contributed by atoms with Gasteiger partial charge in [0.2, 0.25) is 0 Å². The highest BCUT2D eigenvalue weighted by Crippen LogP contribution is 2.29. The normalized spacial score (nSPS) is 14.8. The van der Waals surface area contributed by atoms with Gasteiger partial charge in [0.05, 0.1) is 5.56 Å². The molecule has 1 aromatic heterocycles. The van der Waals surface area contributed by atoms with Crippen molar-refractivity contribution in [2.24, 2.45) is 0 Å². The maximum Gasteiger partial charge on any atom is 0.330 e. The van der Waals surface area contributed by atoms with Gasteiger partial charge in [0.25, 0.3) is 5.91 Å². The summed E-state index contributed by atoms with van der Waals surface area (Å²) in [5, 5.41) is 11.9. The fourth-order valence-electron chi connectivity index (χ4n) is 3.00. The molecule has 0 radical (unpaired) electrons. The van der Waals surface area contributed by atoms with Crippen molar-refractivity contribution in [1.29, 1.82) is 0 Å². The Hall–Kier alpha value is -2.89. The van der Waals surface area contributed by atoms with Gasteiger partial charge in [-0.3, -0.25) is 9.59 Å². The summed E-state index contributed by atoms with van der Waals surface area (Å²) in [7, 11) is 0. The summed E-state index contributed by atoms with van der Waals surface area (Å²) < 4.78 is 5.56. The third-order valence-electron chi connectivity index (χ3n) is 4.17. The van der Waals surface area contributed by atoms with Crippen LogP contribution >= 0.6 is 0 Å². The molecule has 1 aromatic carbocycles. The van der Waals surface area contributed by atoms with Crippen LogP contribution in [-0.2, 0) is 11.2 Å². The maximum absolute atomic E-state index is 12.5. The Morgan fingerprint density at radius 2 is 1.92 bits per heavy atom. The number of hydrogen-bond acceptors (Lipinski definition) is 4. The lowest BCUT2D eigenvalue weighted by Gasteiger charge is -2.14. The summed E-state index contributed by atoms with van der Waals surface area (Å²) >= 11 is 0. The van der Waals surface area contributed by atoms with E-state index in [0.717, 1.165) is 0 Å². The second-order valence-electron chi connectivity index (χ2n) is 5.79. The maximum atomic E-state index is 12.5. The van der Waals surface area contributed by atoms with Crippen LogP contribution in [0.2, 0.25) is 0 Å². The summed E-state index contributed by atoms with van der Waals surface area (Å²) in [4.78, 5) is 36.0. The van der Waals surface area contributed by atoms with E-state index < -0.39 is 17.9 Å². The fraction of sp³-hybridized carbons (Fsp3) is 0.278. The molecule has 2 aromatic rings. The predicted octanol–water partition coefficient (Wildman–Crippen LogP) is 2.66. The van der Waals surface area contributed by atoms with Gasteiger partial charge in [-0.2, -0.15) is 0 Å². The Bertz CT molecular complexity index is 806. The molecular weight excluding hydrogens is 310 g/mol. The lowest BCUT2D eigenvalue weighted by atomic mass is 9.94. The third kappa shape index (κ3) is 2.82. The van der Waals surface area contributed by atoms with Crippen LogP contribution in [0, 0.1) is 6.92 Å². The van der Waals surface area contributed by atoms with Crippen LogP contribution in [0.5, 0.6) is 0 Å². The molecule has 1 atom stereocenters. The lowest BCUT2D eigenvalue weighted by molar-refractivity contribution is -0.139. The van der Waals surface area contributed by atoms with Crippen LogP contribution in [0.15, 0.2) is 34.7 Å². The molecule has 24 heavy (non-hydrogen) atoms. The molecule has 0 spiro atoms. The molecule has 124 valence electrons. The molecule has 6 heteroatoms. The first-order valence-corrected chi connectivity index (χ1v) is 7.73. The molecule has 1 amide bonds. The number of carboxylic acid groups (broad SMARTS) is 1. The topological polar surface area (TPSA) is 96.6 Å². The molecule has 0 aliphatic heterocycles. The predicted molar refractivity (Wildman–Crippen MR) is 85.0 cm³/mol. The van der Waals surface area contributed by atoms with Crippen molar-refractivity contribution in [3.63, 3.8) is 0 Å². The minimum absolute atomic E-state index is 0.0115. The second-order valence-corrected chi connectivity index (χ2v) is 5.79. The largest absolute Gasteiger partial charge is 0.479 e. The van der Waals surface area contributed by atoms with Gasteiger partial charge in [0.15, 0.2) is 17.6 Å². The number of nitrogens with one attached hydrogen (secondary N) is 1. The monoisotopic (exact) mass is 327 g/mol. The van der Waals surface area contributed by atoms with Crippen molar-refractivity contribution in [1.82, 2.24) is 5.32 Å². The van der Waals surface area contributed by atoms with E-state index in [0.29, 0.717) is 41.7 Å². The van der Waals surface area contributed by atoms with Crippen molar-refractivity contribution in [2.75, 3.05) is 0 Å². The van der Waals surface area contributed by atoms with E-state index >= 15 is 0 Å². The average molecular weight is 327 g/mol. The van der Waals surface area contributed by atoms with Gasteiger partial charge >= 0.3 is 5.97 Å². The highest BCUT2D eigenvalue weighted by atomic mass is 16.4. The Balaban J connectivity index is 1.89. The molecule has 0 fully saturated rings. The number of carboxylic acids is 1. The number of rotatable bonds is 4. The van der Waals surface area contributed by atoms with Crippen LogP contribution in [0.1, 0.15) is 56.7 Å². The summed E-state index contributed by atoms with van der Waals surface area (Å²) in [5.74, 6) is -1.31. The van der Waals surface area contributed by atoms with E-state index in [2.05, 4.69) is 5.32 Å². The molecule has 6 nitrogen and oxygen atoms in total. The Morgan fingerprint density at radius 1 is 1.21 bits per heavy atom. The van der Waals surface area contributed by atoms with Crippen molar-refractivity contribution in [3.05, 3.63) is 58.5 Å². The Kier molecular flexibility index (Phi) is 4.20. The number of aliphatic carboxylic acids is 1. The molecule has 1 aliphatic carbocycles. The van der Waals surface area contributed by atoms with Gasteiger partial charge in [0, 0.05) is 18.4 Å². The van der Waals surface area contributed by atoms with E-state index in [-0.39, 0.29) is 11.5 Å². The number of hydrogen-bond donors (Lipinski definition) is 2. The summed E-state index contributed by atoms with van der Waals surface area (Å²) in [5.41, 5.74) is 1.41. The van der Waals surface area contributed by atoms with Gasteiger partial charge in [-0.1, -0.05) is 30.3 Å². The molecule has 2 N–H and O–H groups in total. The van der Waals surface area contributed by atoms with Gasteiger partial charge in [-0.15, -0.1) is 0 Å². The van der Waals surface area contributed by atoms with E-state index in [4.69, 9.17) is 4.42 Å². The van der Waals surface area contributed by atoms with Crippen molar-refractivity contribution in [2.45, 2.75) is 32.2 Å².